The zero-order valence-electron chi connectivity index (χ0n) is 9.13. The van der Waals surface area contributed by atoms with Gasteiger partial charge in [-0.1, -0.05) is 6.08 Å². The predicted molar refractivity (Wildman–Crippen MR) is 58.0 cm³/mol. The SMILES string of the molecule is Cc1cc(C(O)C2=CCCC2)c(F)cc1F. The van der Waals surface area contributed by atoms with Crippen molar-refractivity contribution in [3.63, 3.8) is 0 Å². The third-order valence-corrected chi connectivity index (χ3v) is 3.00. The maximum absolute atomic E-state index is 13.5. The minimum atomic E-state index is -0.929. The molecule has 1 aromatic rings. The van der Waals surface area contributed by atoms with Crippen LogP contribution in [0.15, 0.2) is 23.8 Å². The second-order valence-corrected chi connectivity index (χ2v) is 4.20. The Morgan fingerprint density at radius 3 is 2.62 bits per heavy atom. The van der Waals surface area contributed by atoms with Crippen LogP contribution in [-0.2, 0) is 0 Å². The van der Waals surface area contributed by atoms with E-state index < -0.39 is 17.7 Å². The Kier molecular flexibility index (Phi) is 3.06. The predicted octanol–water partition coefficient (Wildman–Crippen LogP) is 3.42. The van der Waals surface area contributed by atoms with Gasteiger partial charge in [0.2, 0.25) is 0 Å². The normalized spacial score (nSPS) is 17.4. The Labute approximate surface area is 93.4 Å². The van der Waals surface area contributed by atoms with Crippen LogP contribution < -0.4 is 0 Å². The van der Waals surface area contributed by atoms with Crippen LogP contribution in [0.3, 0.4) is 0 Å². The van der Waals surface area contributed by atoms with E-state index in [9.17, 15) is 13.9 Å². The monoisotopic (exact) mass is 224 g/mol. The third kappa shape index (κ3) is 2.00. The highest BCUT2D eigenvalue weighted by Gasteiger charge is 2.20. The van der Waals surface area contributed by atoms with Crippen molar-refractivity contribution in [3.8, 4) is 0 Å². The van der Waals surface area contributed by atoms with E-state index >= 15 is 0 Å². The fourth-order valence-electron chi connectivity index (χ4n) is 2.03. The Morgan fingerprint density at radius 1 is 1.25 bits per heavy atom. The van der Waals surface area contributed by atoms with Gasteiger partial charge in [-0.2, -0.15) is 0 Å². The van der Waals surface area contributed by atoms with Crippen LogP contribution in [-0.4, -0.2) is 5.11 Å². The van der Waals surface area contributed by atoms with E-state index in [1.807, 2.05) is 6.08 Å². The van der Waals surface area contributed by atoms with Gasteiger partial charge in [-0.25, -0.2) is 8.78 Å². The van der Waals surface area contributed by atoms with E-state index in [0.29, 0.717) is 5.56 Å². The lowest BCUT2D eigenvalue weighted by Crippen LogP contribution is -2.04. The van der Waals surface area contributed by atoms with E-state index in [2.05, 4.69) is 0 Å². The molecular weight excluding hydrogens is 210 g/mol. The Bertz CT molecular complexity index is 438. The average molecular weight is 224 g/mol. The second kappa shape index (κ2) is 4.34. The van der Waals surface area contributed by atoms with Gasteiger partial charge in [0.25, 0.3) is 0 Å². The first-order valence-electron chi connectivity index (χ1n) is 5.42. The maximum atomic E-state index is 13.5. The molecule has 3 heteroatoms. The molecule has 1 aromatic carbocycles. The molecule has 1 aliphatic rings. The number of benzene rings is 1. The summed E-state index contributed by atoms with van der Waals surface area (Å²) in [5, 5.41) is 9.99. The molecule has 0 spiro atoms. The van der Waals surface area contributed by atoms with E-state index in [-0.39, 0.29) is 5.56 Å². The Balaban J connectivity index is 2.36. The molecule has 1 atom stereocenters. The second-order valence-electron chi connectivity index (χ2n) is 4.20. The van der Waals surface area contributed by atoms with Crippen molar-refractivity contribution >= 4 is 0 Å². The molecule has 0 saturated carbocycles. The highest BCUT2D eigenvalue weighted by Crippen LogP contribution is 2.32. The minimum absolute atomic E-state index is 0.173. The van der Waals surface area contributed by atoms with Gasteiger partial charge >= 0.3 is 0 Å². The van der Waals surface area contributed by atoms with Crippen molar-refractivity contribution in [2.45, 2.75) is 32.3 Å². The van der Waals surface area contributed by atoms with Crippen LogP contribution in [0.1, 0.15) is 36.5 Å². The summed E-state index contributed by atoms with van der Waals surface area (Å²) >= 11 is 0. The van der Waals surface area contributed by atoms with Gasteiger partial charge in [0.05, 0.1) is 0 Å². The van der Waals surface area contributed by atoms with Crippen molar-refractivity contribution in [2.24, 2.45) is 0 Å². The summed E-state index contributed by atoms with van der Waals surface area (Å²) in [6, 6.07) is 2.22. The molecule has 0 amide bonds. The van der Waals surface area contributed by atoms with Crippen LogP contribution in [0.4, 0.5) is 8.78 Å². The summed E-state index contributed by atoms with van der Waals surface area (Å²) < 4.78 is 26.6. The average Bonchev–Trinajstić information content (AvgIpc) is 2.75. The third-order valence-electron chi connectivity index (χ3n) is 3.00. The fraction of sp³-hybridized carbons (Fsp3) is 0.385. The largest absolute Gasteiger partial charge is 0.384 e. The van der Waals surface area contributed by atoms with Gasteiger partial charge in [-0.3, -0.25) is 0 Å². The molecule has 0 aliphatic heterocycles. The minimum Gasteiger partial charge on any atom is -0.384 e. The lowest BCUT2D eigenvalue weighted by atomic mass is 9.99. The molecule has 1 N–H and O–H groups in total. The molecule has 0 heterocycles. The number of aliphatic hydroxyl groups is 1. The van der Waals surface area contributed by atoms with Crippen LogP contribution in [0, 0.1) is 18.6 Å². The number of hydrogen-bond donors (Lipinski definition) is 1. The molecular formula is C13H14F2O. The lowest BCUT2D eigenvalue weighted by Gasteiger charge is -2.14. The van der Waals surface area contributed by atoms with E-state index in [1.54, 1.807) is 6.92 Å². The number of halogens is 2. The summed E-state index contributed by atoms with van der Waals surface area (Å²) in [4.78, 5) is 0. The summed E-state index contributed by atoms with van der Waals surface area (Å²) in [6.07, 6.45) is 3.71. The molecule has 0 radical (unpaired) electrons. The molecule has 0 saturated heterocycles. The molecule has 0 fully saturated rings. The van der Waals surface area contributed by atoms with Crippen LogP contribution in [0.25, 0.3) is 0 Å². The van der Waals surface area contributed by atoms with E-state index in [1.165, 1.54) is 6.07 Å². The smallest absolute Gasteiger partial charge is 0.132 e. The molecule has 86 valence electrons. The van der Waals surface area contributed by atoms with Crippen molar-refractivity contribution in [3.05, 3.63) is 46.5 Å². The quantitative estimate of drug-likeness (QED) is 0.763. The summed E-state index contributed by atoms with van der Waals surface area (Å²) in [6.45, 7) is 1.56. The number of hydrogen-bond acceptors (Lipinski definition) is 1. The Morgan fingerprint density at radius 2 is 2.00 bits per heavy atom. The topological polar surface area (TPSA) is 20.2 Å². The molecule has 2 rings (SSSR count). The summed E-state index contributed by atoms with van der Waals surface area (Å²) in [7, 11) is 0. The Hall–Kier alpha value is -1.22. The van der Waals surface area contributed by atoms with Gasteiger partial charge < -0.3 is 5.11 Å². The molecule has 1 unspecified atom stereocenters. The molecule has 0 bridgehead atoms. The van der Waals surface area contributed by atoms with Gasteiger partial charge in [0.1, 0.15) is 17.7 Å². The first-order chi connectivity index (χ1) is 7.59. The highest BCUT2D eigenvalue weighted by atomic mass is 19.1. The number of aryl methyl sites for hydroxylation is 1. The molecule has 16 heavy (non-hydrogen) atoms. The summed E-state index contributed by atoms with van der Waals surface area (Å²) in [5.74, 6) is -1.25. The zero-order valence-corrected chi connectivity index (χ0v) is 9.13. The molecule has 1 nitrogen and oxygen atoms in total. The van der Waals surface area contributed by atoms with Gasteiger partial charge in [0, 0.05) is 11.6 Å². The molecule has 0 aromatic heterocycles. The van der Waals surface area contributed by atoms with Crippen molar-refractivity contribution in [1.82, 2.24) is 0 Å². The van der Waals surface area contributed by atoms with Gasteiger partial charge in [0.15, 0.2) is 0 Å². The first-order valence-corrected chi connectivity index (χ1v) is 5.42. The molecule has 1 aliphatic carbocycles. The van der Waals surface area contributed by atoms with Crippen molar-refractivity contribution in [2.75, 3.05) is 0 Å². The first kappa shape index (κ1) is 11.3. The van der Waals surface area contributed by atoms with E-state index in [4.69, 9.17) is 0 Å². The lowest BCUT2D eigenvalue weighted by molar-refractivity contribution is 0.207. The van der Waals surface area contributed by atoms with Crippen LogP contribution in [0.2, 0.25) is 0 Å². The number of allylic oxidation sites excluding steroid dienone is 1. The standard InChI is InChI=1S/C13H14F2O/c1-8-6-10(12(15)7-11(8)14)13(16)9-4-2-3-5-9/h4,6-7,13,16H,2-3,5H2,1H3. The highest BCUT2D eigenvalue weighted by molar-refractivity contribution is 5.32. The van der Waals surface area contributed by atoms with Gasteiger partial charge in [-0.15, -0.1) is 0 Å². The zero-order chi connectivity index (χ0) is 11.7. The maximum Gasteiger partial charge on any atom is 0.132 e. The van der Waals surface area contributed by atoms with E-state index in [0.717, 1.165) is 30.9 Å². The number of rotatable bonds is 2. The number of aliphatic hydroxyl groups excluding tert-OH is 1. The van der Waals surface area contributed by atoms with Crippen molar-refractivity contribution in [1.29, 1.82) is 0 Å². The van der Waals surface area contributed by atoms with Crippen molar-refractivity contribution < 1.29 is 13.9 Å². The fourth-order valence-corrected chi connectivity index (χ4v) is 2.03. The summed E-state index contributed by atoms with van der Waals surface area (Å²) in [5.41, 5.74) is 1.37. The van der Waals surface area contributed by atoms with Crippen LogP contribution in [0.5, 0.6) is 0 Å². The van der Waals surface area contributed by atoms with Gasteiger partial charge in [-0.05, 0) is 43.4 Å². The van der Waals surface area contributed by atoms with Crippen LogP contribution >= 0.6 is 0 Å².